The fourth-order valence-electron chi connectivity index (χ4n) is 2.59. The van der Waals surface area contributed by atoms with Crippen LogP contribution in [0, 0.1) is 0 Å². The lowest BCUT2D eigenvalue weighted by Gasteiger charge is -2.34. The summed E-state index contributed by atoms with van der Waals surface area (Å²) in [5, 5.41) is 5.28. The predicted molar refractivity (Wildman–Crippen MR) is 102 cm³/mol. The van der Waals surface area contributed by atoms with E-state index in [1.165, 1.54) is 0 Å². The summed E-state index contributed by atoms with van der Waals surface area (Å²) in [7, 11) is 0. The fourth-order valence-corrected chi connectivity index (χ4v) is 2.85. The molecule has 1 aromatic carbocycles. The maximum absolute atomic E-state index is 12.3. The number of urea groups is 1. The van der Waals surface area contributed by atoms with Crippen molar-refractivity contribution in [1.29, 1.82) is 0 Å². The van der Waals surface area contributed by atoms with Gasteiger partial charge in [-0.1, -0.05) is 15.9 Å². The summed E-state index contributed by atoms with van der Waals surface area (Å²) in [4.78, 5) is 36.4. The molecule has 8 nitrogen and oxygen atoms in total. The van der Waals surface area contributed by atoms with Gasteiger partial charge in [-0.2, -0.15) is 0 Å². The Morgan fingerprint density at radius 3 is 2.35 bits per heavy atom. The number of aromatic nitrogens is 2. The van der Waals surface area contributed by atoms with Crippen molar-refractivity contribution in [1.82, 2.24) is 20.2 Å². The van der Waals surface area contributed by atoms with E-state index in [1.54, 1.807) is 35.5 Å². The third-order valence-electron chi connectivity index (χ3n) is 3.97. The smallest absolute Gasteiger partial charge is 0.319 e. The molecule has 1 saturated heterocycles. The van der Waals surface area contributed by atoms with Gasteiger partial charge in [-0.3, -0.25) is 4.79 Å². The number of carbonyl (C=O) groups excluding carboxylic acids is 2. The van der Waals surface area contributed by atoms with Crippen LogP contribution in [0.5, 0.6) is 0 Å². The van der Waals surface area contributed by atoms with Gasteiger partial charge in [-0.15, -0.1) is 0 Å². The highest BCUT2D eigenvalue weighted by Crippen LogP contribution is 2.14. The van der Waals surface area contributed by atoms with Crippen LogP contribution in [0.15, 0.2) is 47.2 Å². The lowest BCUT2D eigenvalue weighted by Crippen LogP contribution is -2.51. The minimum absolute atomic E-state index is 0.0375. The zero-order valence-corrected chi connectivity index (χ0v) is 15.6. The number of amides is 3. The molecule has 0 aliphatic carbocycles. The number of piperazine rings is 1. The van der Waals surface area contributed by atoms with Crippen molar-refractivity contribution in [3.05, 3.63) is 47.2 Å². The number of nitrogens with zero attached hydrogens (tertiary/aromatic N) is 4. The zero-order chi connectivity index (χ0) is 18.4. The van der Waals surface area contributed by atoms with E-state index in [0.29, 0.717) is 37.8 Å². The second-order valence-corrected chi connectivity index (χ2v) is 6.65. The minimum Gasteiger partial charge on any atom is -0.338 e. The van der Waals surface area contributed by atoms with E-state index >= 15 is 0 Å². The number of hydrogen-bond acceptors (Lipinski definition) is 5. The van der Waals surface area contributed by atoms with E-state index in [1.807, 2.05) is 17.0 Å². The summed E-state index contributed by atoms with van der Waals surface area (Å²) in [6.07, 6.45) is 3.40. The number of nitrogens with one attached hydrogen (secondary N) is 2. The van der Waals surface area contributed by atoms with E-state index in [4.69, 9.17) is 0 Å². The van der Waals surface area contributed by atoms with E-state index < -0.39 is 6.03 Å². The third-order valence-corrected chi connectivity index (χ3v) is 4.50. The maximum atomic E-state index is 12.3. The molecular weight excluding hydrogens is 400 g/mol. The second kappa shape index (κ2) is 8.61. The van der Waals surface area contributed by atoms with Gasteiger partial charge in [0.05, 0.1) is 6.54 Å². The van der Waals surface area contributed by atoms with E-state index in [0.717, 1.165) is 4.47 Å². The van der Waals surface area contributed by atoms with Gasteiger partial charge in [-0.05, 0) is 30.3 Å². The highest BCUT2D eigenvalue weighted by atomic mass is 79.9. The molecule has 0 unspecified atom stereocenters. The van der Waals surface area contributed by atoms with Crippen LogP contribution in [0.4, 0.5) is 16.4 Å². The normalized spacial score (nSPS) is 14.0. The largest absolute Gasteiger partial charge is 0.338 e. The summed E-state index contributed by atoms with van der Waals surface area (Å²) in [5.41, 5.74) is 0.662. The highest BCUT2D eigenvalue weighted by Gasteiger charge is 2.22. The topological polar surface area (TPSA) is 90.5 Å². The second-order valence-electron chi connectivity index (χ2n) is 5.73. The van der Waals surface area contributed by atoms with Crippen LogP contribution >= 0.6 is 15.9 Å². The van der Waals surface area contributed by atoms with Gasteiger partial charge in [0.2, 0.25) is 11.9 Å². The van der Waals surface area contributed by atoms with E-state index in [-0.39, 0.29) is 12.5 Å². The van der Waals surface area contributed by atoms with Gasteiger partial charge in [0.15, 0.2) is 0 Å². The lowest BCUT2D eigenvalue weighted by molar-refractivity contribution is -0.130. The molecular formula is C17H19BrN6O2. The summed E-state index contributed by atoms with van der Waals surface area (Å²) < 4.78 is 0.929. The summed E-state index contributed by atoms with van der Waals surface area (Å²) in [5.74, 6) is 0.566. The predicted octanol–water partition coefficient (Wildman–Crippen LogP) is 1.71. The van der Waals surface area contributed by atoms with Crippen LogP contribution in [0.25, 0.3) is 0 Å². The van der Waals surface area contributed by atoms with Crippen LogP contribution in [0.1, 0.15) is 0 Å². The monoisotopic (exact) mass is 418 g/mol. The number of halogens is 1. The fraction of sp³-hybridized carbons (Fsp3) is 0.294. The average Bonchev–Trinajstić information content (AvgIpc) is 2.69. The van der Waals surface area contributed by atoms with Crippen LogP contribution in [0.3, 0.4) is 0 Å². The quantitative estimate of drug-likeness (QED) is 0.788. The molecule has 1 aliphatic heterocycles. The number of benzene rings is 1. The maximum Gasteiger partial charge on any atom is 0.319 e. The molecule has 0 saturated carbocycles. The number of anilines is 2. The Labute approximate surface area is 159 Å². The van der Waals surface area contributed by atoms with Crippen molar-refractivity contribution in [2.75, 3.05) is 42.9 Å². The molecule has 0 radical (unpaired) electrons. The summed E-state index contributed by atoms with van der Waals surface area (Å²) in [6, 6.07) is 8.57. The molecule has 136 valence electrons. The Morgan fingerprint density at radius 1 is 1.04 bits per heavy atom. The number of carbonyl (C=O) groups is 2. The molecule has 9 heteroatoms. The van der Waals surface area contributed by atoms with Crippen molar-refractivity contribution in [2.45, 2.75) is 0 Å². The van der Waals surface area contributed by atoms with Crippen molar-refractivity contribution in [3.63, 3.8) is 0 Å². The molecule has 3 amide bonds. The van der Waals surface area contributed by atoms with Crippen molar-refractivity contribution < 1.29 is 9.59 Å². The molecule has 0 spiro atoms. The molecule has 0 atom stereocenters. The van der Waals surface area contributed by atoms with Crippen LogP contribution in [-0.4, -0.2) is 59.5 Å². The Kier molecular flexibility index (Phi) is 6.00. The first-order valence-corrected chi connectivity index (χ1v) is 9.01. The van der Waals surface area contributed by atoms with Gasteiger partial charge < -0.3 is 20.4 Å². The van der Waals surface area contributed by atoms with Gasteiger partial charge in [0.1, 0.15) is 0 Å². The first-order valence-electron chi connectivity index (χ1n) is 8.22. The summed E-state index contributed by atoms with van der Waals surface area (Å²) >= 11 is 3.33. The lowest BCUT2D eigenvalue weighted by atomic mass is 10.3. The van der Waals surface area contributed by atoms with Crippen LogP contribution < -0.4 is 15.5 Å². The average molecular weight is 419 g/mol. The van der Waals surface area contributed by atoms with Gasteiger partial charge in [-0.25, -0.2) is 14.8 Å². The van der Waals surface area contributed by atoms with Crippen molar-refractivity contribution >= 4 is 39.5 Å². The first-order chi connectivity index (χ1) is 12.6. The minimum atomic E-state index is -0.406. The highest BCUT2D eigenvalue weighted by molar-refractivity contribution is 9.10. The molecule has 0 bridgehead atoms. The Bertz CT molecular complexity index is 748. The molecule has 2 heterocycles. The SMILES string of the molecule is O=C(NCC(=O)N1CCN(c2ncccn2)CC1)Nc1ccc(Br)cc1. The molecule has 1 fully saturated rings. The Balaban J connectivity index is 1.41. The molecule has 26 heavy (non-hydrogen) atoms. The van der Waals surface area contributed by atoms with Gasteiger partial charge in [0.25, 0.3) is 0 Å². The van der Waals surface area contributed by atoms with Crippen LogP contribution in [-0.2, 0) is 4.79 Å². The summed E-state index contributed by atoms with van der Waals surface area (Å²) in [6.45, 7) is 2.45. The van der Waals surface area contributed by atoms with Gasteiger partial charge in [0, 0.05) is 48.7 Å². The molecule has 1 aliphatic rings. The zero-order valence-electron chi connectivity index (χ0n) is 14.1. The van der Waals surface area contributed by atoms with E-state index in [9.17, 15) is 9.59 Å². The Morgan fingerprint density at radius 2 is 1.69 bits per heavy atom. The van der Waals surface area contributed by atoms with Gasteiger partial charge >= 0.3 is 6.03 Å². The molecule has 2 N–H and O–H groups in total. The first kappa shape index (κ1) is 18.1. The third kappa shape index (κ3) is 4.92. The van der Waals surface area contributed by atoms with E-state index in [2.05, 4.69) is 36.5 Å². The van der Waals surface area contributed by atoms with Crippen molar-refractivity contribution in [2.24, 2.45) is 0 Å². The van der Waals surface area contributed by atoms with Crippen molar-refractivity contribution in [3.8, 4) is 0 Å². The molecule has 2 aromatic rings. The standard InChI is InChI=1S/C17H19BrN6O2/c18-13-2-4-14(5-3-13)22-17(26)21-12-15(25)23-8-10-24(11-9-23)16-19-6-1-7-20-16/h1-7H,8-12H2,(H2,21,22,26). The number of hydrogen-bond donors (Lipinski definition) is 2. The Hall–Kier alpha value is -2.68. The van der Waals surface area contributed by atoms with Crippen LogP contribution in [0.2, 0.25) is 0 Å². The number of rotatable bonds is 4. The molecule has 3 rings (SSSR count). The molecule has 1 aromatic heterocycles.